The number of benzene rings is 2. The van der Waals surface area contributed by atoms with E-state index in [-0.39, 0.29) is 12.1 Å². The maximum Gasteiger partial charge on any atom is 0.319 e. The van der Waals surface area contributed by atoms with Gasteiger partial charge in [0, 0.05) is 12.2 Å². The van der Waals surface area contributed by atoms with Crippen molar-refractivity contribution >= 4 is 11.7 Å². The minimum atomic E-state index is -0.208. The molecule has 1 unspecified atom stereocenters. The van der Waals surface area contributed by atoms with E-state index in [2.05, 4.69) is 10.6 Å². The molecule has 0 bridgehead atoms. The fourth-order valence-corrected chi connectivity index (χ4v) is 2.21. The third kappa shape index (κ3) is 4.33. The second kappa shape index (κ2) is 7.45. The van der Waals surface area contributed by atoms with Crippen LogP contribution in [0, 0.1) is 0 Å². The molecule has 0 heterocycles. The average Bonchev–Trinajstić information content (AvgIpc) is 2.53. The lowest BCUT2D eigenvalue weighted by molar-refractivity contribution is 0.248. The third-order valence-corrected chi connectivity index (χ3v) is 3.34. The molecule has 0 aliphatic carbocycles. The van der Waals surface area contributed by atoms with Gasteiger partial charge in [-0.1, -0.05) is 49.4 Å². The number of hydrogen-bond donors (Lipinski definition) is 3. The first kappa shape index (κ1) is 15.1. The van der Waals surface area contributed by atoms with Gasteiger partial charge in [-0.15, -0.1) is 0 Å². The highest BCUT2D eigenvalue weighted by atomic mass is 16.2. The molecule has 2 aromatic rings. The zero-order chi connectivity index (χ0) is 15.1. The van der Waals surface area contributed by atoms with Crippen LogP contribution in [0.15, 0.2) is 54.6 Å². The van der Waals surface area contributed by atoms with Crippen molar-refractivity contribution in [3.63, 3.8) is 0 Å². The number of nitrogens with one attached hydrogen (secondary N) is 2. The lowest BCUT2D eigenvalue weighted by Crippen LogP contribution is -2.32. The van der Waals surface area contributed by atoms with Crippen molar-refractivity contribution in [2.45, 2.75) is 25.9 Å². The monoisotopic (exact) mass is 283 g/mol. The van der Waals surface area contributed by atoms with E-state index in [1.165, 1.54) is 0 Å². The summed E-state index contributed by atoms with van der Waals surface area (Å²) in [7, 11) is 0. The third-order valence-electron chi connectivity index (χ3n) is 3.34. The summed E-state index contributed by atoms with van der Waals surface area (Å²) in [6.07, 6.45) is 0.834. The van der Waals surface area contributed by atoms with Crippen LogP contribution in [0.4, 0.5) is 10.5 Å². The van der Waals surface area contributed by atoms with E-state index in [1.54, 1.807) is 0 Å². The predicted molar refractivity (Wildman–Crippen MR) is 86.0 cm³/mol. The van der Waals surface area contributed by atoms with Crippen LogP contribution in [0.2, 0.25) is 0 Å². The Balaban J connectivity index is 2.00. The lowest BCUT2D eigenvalue weighted by atomic mass is 10.1. The van der Waals surface area contributed by atoms with Crippen LogP contribution in [-0.4, -0.2) is 6.03 Å². The summed E-state index contributed by atoms with van der Waals surface area (Å²) in [6.45, 7) is 2.51. The molecule has 0 fully saturated rings. The van der Waals surface area contributed by atoms with Gasteiger partial charge in [0.2, 0.25) is 0 Å². The summed E-state index contributed by atoms with van der Waals surface area (Å²) in [6, 6.07) is 17.3. The molecule has 0 saturated carbocycles. The predicted octanol–water partition coefficient (Wildman–Crippen LogP) is 3.42. The Kier molecular flexibility index (Phi) is 5.35. The molecule has 0 radical (unpaired) electrons. The van der Waals surface area contributed by atoms with E-state index in [0.29, 0.717) is 6.54 Å². The first-order valence-electron chi connectivity index (χ1n) is 7.14. The molecule has 0 aliphatic rings. The standard InChI is InChI=1S/C17H21N3O/c1-2-16(14-8-4-3-5-9-14)20-17(21)19-15-10-6-7-13(11-15)12-18/h3-11,16H,2,12,18H2,1H3,(H2,19,20,21). The fraction of sp³-hybridized carbons (Fsp3) is 0.235. The number of carbonyl (C=O) groups excluding carboxylic acids is 1. The first-order chi connectivity index (χ1) is 10.2. The van der Waals surface area contributed by atoms with Crippen LogP contribution < -0.4 is 16.4 Å². The molecule has 2 amide bonds. The quantitative estimate of drug-likeness (QED) is 0.787. The van der Waals surface area contributed by atoms with Gasteiger partial charge in [0.25, 0.3) is 0 Å². The SMILES string of the molecule is CCC(NC(=O)Nc1cccc(CN)c1)c1ccccc1. The molecular formula is C17H21N3O. The number of anilines is 1. The summed E-state index contributed by atoms with van der Waals surface area (Å²) < 4.78 is 0. The van der Waals surface area contributed by atoms with Crippen molar-refractivity contribution in [3.8, 4) is 0 Å². The fourth-order valence-electron chi connectivity index (χ4n) is 2.21. The van der Waals surface area contributed by atoms with Gasteiger partial charge in [0.15, 0.2) is 0 Å². The van der Waals surface area contributed by atoms with Gasteiger partial charge in [-0.2, -0.15) is 0 Å². The molecule has 2 aromatic carbocycles. The second-order valence-electron chi connectivity index (χ2n) is 4.87. The van der Waals surface area contributed by atoms with E-state index >= 15 is 0 Å². The highest BCUT2D eigenvalue weighted by molar-refractivity contribution is 5.89. The summed E-state index contributed by atoms with van der Waals surface area (Å²) in [5, 5.41) is 5.83. The van der Waals surface area contributed by atoms with Crippen molar-refractivity contribution in [3.05, 3.63) is 65.7 Å². The molecule has 21 heavy (non-hydrogen) atoms. The number of carbonyl (C=O) groups is 1. The average molecular weight is 283 g/mol. The highest BCUT2D eigenvalue weighted by Crippen LogP contribution is 2.16. The van der Waals surface area contributed by atoms with Gasteiger partial charge in [0.05, 0.1) is 6.04 Å². The molecule has 0 spiro atoms. The van der Waals surface area contributed by atoms with Gasteiger partial charge in [0.1, 0.15) is 0 Å². The van der Waals surface area contributed by atoms with Crippen LogP contribution in [0.1, 0.15) is 30.5 Å². The van der Waals surface area contributed by atoms with Crippen molar-refractivity contribution in [2.24, 2.45) is 5.73 Å². The molecule has 1 atom stereocenters. The van der Waals surface area contributed by atoms with E-state index in [4.69, 9.17) is 5.73 Å². The number of hydrogen-bond acceptors (Lipinski definition) is 2. The highest BCUT2D eigenvalue weighted by Gasteiger charge is 2.12. The van der Waals surface area contributed by atoms with Crippen molar-refractivity contribution < 1.29 is 4.79 Å². The Labute approximate surface area is 125 Å². The molecule has 4 nitrogen and oxygen atoms in total. The van der Waals surface area contributed by atoms with Crippen LogP contribution >= 0.6 is 0 Å². The molecule has 110 valence electrons. The molecule has 0 aliphatic heterocycles. The normalized spacial score (nSPS) is 11.7. The molecule has 0 saturated heterocycles. The van der Waals surface area contributed by atoms with Gasteiger partial charge in [-0.05, 0) is 29.7 Å². The van der Waals surface area contributed by atoms with Gasteiger partial charge < -0.3 is 16.4 Å². The van der Waals surface area contributed by atoms with Crippen molar-refractivity contribution in [2.75, 3.05) is 5.32 Å². The van der Waals surface area contributed by atoms with Crippen LogP contribution in [0.3, 0.4) is 0 Å². The van der Waals surface area contributed by atoms with Gasteiger partial charge in [-0.25, -0.2) is 4.79 Å². The van der Waals surface area contributed by atoms with E-state index in [0.717, 1.165) is 23.2 Å². The number of amides is 2. The van der Waals surface area contributed by atoms with E-state index < -0.39 is 0 Å². The smallest absolute Gasteiger partial charge is 0.319 e. The van der Waals surface area contributed by atoms with Crippen LogP contribution in [0.5, 0.6) is 0 Å². The summed E-state index contributed by atoms with van der Waals surface area (Å²) >= 11 is 0. The second-order valence-corrected chi connectivity index (χ2v) is 4.87. The Hall–Kier alpha value is -2.33. The first-order valence-corrected chi connectivity index (χ1v) is 7.14. The Bertz CT molecular complexity index is 584. The van der Waals surface area contributed by atoms with E-state index in [1.807, 2.05) is 61.5 Å². The number of urea groups is 1. The maximum atomic E-state index is 12.1. The van der Waals surface area contributed by atoms with Crippen LogP contribution in [-0.2, 0) is 6.54 Å². The lowest BCUT2D eigenvalue weighted by Gasteiger charge is -2.18. The van der Waals surface area contributed by atoms with Crippen LogP contribution in [0.25, 0.3) is 0 Å². The number of rotatable bonds is 5. The molecular weight excluding hydrogens is 262 g/mol. The summed E-state index contributed by atoms with van der Waals surface area (Å²) in [5.41, 5.74) is 8.44. The molecule has 2 rings (SSSR count). The molecule has 4 heteroatoms. The van der Waals surface area contributed by atoms with Crippen molar-refractivity contribution in [1.29, 1.82) is 0 Å². The Morgan fingerprint density at radius 1 is 1.14 bits per heavy atom. The summed E-state index contributed by atoms with van der Waals surface area (Å²) in [4.78, 5) is 12.1. The topological polar surface area (TPSA) is 67.2 Å². The summed E-state index contributed by atoms with van der Waals surface area (Å²) in [5.74, 6) is 0. The minimum Gasteiger partial charge on any atom is -0.331 e. The molecule has 0 aromatic heterocycles. The zero-order valence-electron chi connectivity index (χ0n) is 12.2. The molecule has 4 N–H and O–H groups in total. The Morgan fingerprint density at radius 2 is 1.90 bits per heavy atom. The van der Waals surface area contributed by atoms with Gasteiger partial charge >= 0.3 is 6.03 Å². The zero-order valence-corrected chi connectivity index (χ0v) is 12.2. The van der Waals surface area contributed by atoms with Gasteiger partial charge in [-0.3, -0.25) is 0 Å². The minimum absolute atomic E-state index is 0.00360. The van der Waals surface area contributed by atoms with Crippen molar-refractivity contribution in [1.82, 2.24) is 5.32 Å². The number of nitrogens with two attached hydrogens (primary N) is 1. The largest absolute Gasteiger partial charge is 0.331 e. The Morgan fingerprint density at radius 3 is 2.57 bits per heavy atom. The maximum absolute atomic E-state index is 12.1. The van der Waals surface area contributed by atoms with E-state index in [9.17, 15) is 4.79 Å².